The van der Waals surface area contributed by atoms with E-state index in [1.54, 1.807) is 38.1 Å². The van der Waals surface area contributed by atoms with Crippen molar-refractivity contribution in [3.63, 3.8) is 0 Å². The van der Waals surface area contributed by atoms with Crippen LogP contribution in [0.1, 0.15) is 24.2 Å². The lowest BCUT2D eigenvalue weighted by Gasteiger charge is -2.17. The minimum Gasteiger partial charge on any atom is -0.480 e. The molecule has 2 aromatic rings. The van der Waals surface area contributed by atoms with E-state index in [2.05, 4.69) is 10.4 Å². The van der Waals surface area contributed by atoms with Crippen LogP contribution in [0, 0.1) is 5.92 Å². The molecule has 1 atom stereocenters. The Labute approximate surface area is 132 Å². The number of nitrogens with one attached hydrogen (secondary N) is 1. The average molecular weight is 322 g/mol. The maximum atomic E-state index is 12.1. The van der Waals surface area contributed by atoms with Crippen molar-refractivity contribution in [2.24, 2.45) is 5.92 Å². The fraction of sp³-hybridized carbons (Fsp3) is 0.267. The highest BCUT2D eigenvalue weighted by molar-refractivity contribution is 6.30. The van der Waals surface area contributed by atoms with Crippen molar-refractivity contribution in [3.05, 3.63) is 47.2 Å². The first-order chi connectivity index (χ1) is 10.4. The van der Waals surface area contributed by atoms with Gasteiger partial charge in [-0.1, -0.05) is 25.4 Å². The van der Waals surface area contributed by atoms with Crippen LogP contribution in [0.5, 0.6) is 0 Å². The molecule has 0 aliphatic carbocycles. The summed E-state index contributed by atoms with van der Waals surface area (Å²) < 4.78 is 1.52. The van der Waals surface area contributed by atoms with Crippen molar-refractivity contribution in [2.45, 2.75) is 19.9 Å². The number of halogens is 1. The van der Waals surface area contributed by atoms with E-state index in [0.29, 0.717) is 10.6 Å². The Hall–Kier alpha value is -2.34. The van der Waals surface area contributed by atoms with Crippen LogP contribution in [0.15, 0.2) is 36.7 Å². The first-order valence-corrected chi connectivity index (χ1v) is 7.10. The number of hydrogen-bond acceptors (Lipinski definition) is 3. The van der Waals surface area contributed by atoms with Gasteiger partial charge in [0.05, 0.1) is 17.4 Å². The van der Waals surface area contributed by atoms with Crippen molar-refractivity contribution in [1.29, 1.82) is 0 Å². The number of amides is 1. The molecule has 7 heteroatoms. The van der Waals surface area contributed by atoms with Crippen LogP contribution in [-0.4, -0.2) is 32.8 Å². The highest BCUT2D eigenvalue weighted by atomic mass is 35.5. The number of rotatable bonds is 5. The van der Waals surface area contributed by atoms with E-state index in [-0.39, 0.29) is 5.92 Å². The molecule has 1 aromatic heterocycles. The second-order valence-corrected chi connectivity index (χ2v) is 5.62. The molecule has 1 amide bonds. The van der Waals surface area contributed by atoms with Gasteiger partial charge in [0.15, 0.2) is 0 Å². The van der Waals surface area contributed by atoms with Gasteiger partial charge in [-0.25, -0.2) is 9.48 Å². The van der Waals surface area contributed by atoms with E-state index in [4.69, 9.17) is 16.7 Å². The molecule has 1 heterocycles. The summed E-state index contributed by atoms with van der Waals surface area (Å²) in [6.45, 7) is 3.46. The van der Waals surface area contributed by atoms with Crippen molar-refractivity contribution >= 4 is 23.5 Å². The number of aliphatic carboxylic acids is 1. The summed E-state index contributed by atoms with van der Waals surface area (Å²) in [4.78, 5) is 23.2. The van der Waals surface area contributed by atoms with Gasteiger partial charge in [0.2, 0.25) is 0 Å². The van der Waals surface area contributed by atoms with Gasteiger partial charge in [-0.15, -0.1) is 0 Å². The first-order valence-electron chi connectivity index (χ1n) is 6.72. The van der Waals surface area contributed by atoms with Gasteiger partial charge in [0.1, 0.15) is 6.04 Å². The maximum absolute atomic E-state index is 12.1. The van der Waals surface area contributed by atoms with Crippen LogP contribution in [0.25, 0.3) is 5.69 Å². The first kappa shape index (κ1) is 16.0. The second kappa shape index (κ2) is 6.62. The third kappa shape index (κ3) is 3.65. The van der Waals surface area contributed by atoms with Crippen LogP contribution in [-0.2, 0) is 4.79 Å². The lowest BCUT2D eigenvalue weighted by atomic mass is 10.0. The molecule has 0 radical (unpaired) electrons. The molecule has 0 saturated carbocycles. The Balaban J connectivity index is 2.15. The van der Waals surface area contributed by atoms with E-state index in [1.165, 1.54) is 17.1 Å². The molecule has 0 aliphatic rings. The van der Waals surface area contributed by atoms with Gasteiger partial charge in [0.25, 0.3) is 5.91 Å². The third-order valence-corrected chi connectivity index (χ3v) is 3.41. The maximum Gasteiger partial charge on any atom is 0.326 e. The summed E-state index contributed by atoms with van der Waals surface area (Å²) in [5.41, 5.74) is 1.05. The topological polar surface area (TPSA) is 84.2 Å². The quantitative estimate of drug-likeness (QED) is 0.885. The zero-order valence-electron chi connectivity index (χ0n) is 12.2. The second-order valence-electron chi connectivity index (χ2n) is 5.18. The summed E-state index contributed by atoms with van der Waals surface area (Å²) in [5.74, 6) is -1.75. The van der Waals surface area contributed by atoms with Gasteiger partial charge in [0, 0.05) is 11.2 Å². The van der Waals surface area contributed by atoms with Gasteiger partial charge in [-0.2, -0.15) is 5.10 Å². The number of carbonyl (C=O) groups is 2. The molecule has 0 bridgehead atoms. The summed E-state index contributed by atoms with van der Waals surface area (Å²) >= 11 is 5.82. The van der Waals surface area contributed by atoms with Gasteiger partial charge < -0.3 is 10.4 Å². The number of benzene rings is 1. The molecule has 1 unspecified atom stereocenters. The zero-order valence-corrected chi connectivity index (χ0v) is 12.9. The predicted molar refractivity (Wildman–Crippen MR) is 82.3 cm³/mol. The van der Waals surface area contributed by atoms with E-state index >= 15 is 0 Å². The van der Waals surface area contributed by atoms with Crippen LogP contribution in [0.4, 0.5) is 0 Å². The largest absolute Gasteiger partial charge is 0.480 e. The van der Waals surface area contributed by atoms with Crippen LogP contribution >= 0.6 is 11.6 Å². The van der Waals surface area contributed by atoms with E-state index in [1.807, 2.05) is 0 Å². The Morgan fingerprint density at radius 3 is 2.45 bits per heavy atom. The molecule has 0 aliphatic heterocycles. The molecule has 116 valence electrons. The Morgan fingerprint density at radius 2 is 1.91 bits per heavy atom. The number of carbonyl (C=O) groups excluding carboxylic acids is 1. The van der Waals surface area contributed by atoms with E-state index < -0.39 is 17.9 Å². The molecule has 0 saturated heterocycles. The highest BCUT2D eigenvalue weighted by Gasteiger charge is 2.24. The Kier molecular flexibility index (Phi) is 4.82. The fourth-order valence-electron chi connectivity index (χ4n) is 1.91. The number of carboxylic acid groups (broad SMARTS) is 1. The van der Waals surface area contributed by atoms with E-state index in [9.17, 15) is 9.59 Å². The smallest absolute Gasteiger partial charge is 0.326 e. The molecule has 6 nitrogen and oxygen atoms in total. The average Bonchev–Trinajstić information content (AvgIpc) is 2.94. The molecule has 1 aromatic carbocycles. The van der Waals surface area contributed by atoms with Gasteiger partial charge in [-0.3, -0.25) is 4.79 Å². The molecule has 0 fully saturated rings. The number of hydrogen-bond donors (Lipinski definition) is 2. The normalized spacial score (nSPS) is 12.2. The molecular weight excluding hydrogens is 306 g/mol. The van der Waals surface area contributed by atoms with E-state index in [0.717, 1.165) is 5.69 Å². The minimum atomic E-state index is -1.06. The fourth-order valence-corrected chi connectivity index (χ4v) is 2.04. The monoisotopic (exact) mass is 321 g/mol. The molecule has 2 N–H and O–H groups in total. The number of carboxylic acids is 1. The lowest BCUT2D eigenvalue weighted by Crippen LogP contribution is -2.44. The number of aromatic nitrogens is 2. The standard InChI is InChI=1S/C15H16ClN3O3/c1-9(2)13(15(21)22)18-14(20)10-7-17-19(8-10)12-5-3-11(16)4-6-12/h3-9,13H,1-2H3,(H,18,20)(H,21,22). The van der Waals surface area contributed by atoms with Crippen molar-refractivity contribution in [3.8, 4) is 5.69 Å². The summed E-state index contributed by atoms with van der Waals surface area (Å²) in [6, 6.07) is 6.04. The van der Waals surface area contributed by atoms with Crippen LogP contribution in [0.3, 0.4) is 0 Å². The third-order valence-electron chi connectivity index (χ3n) is 3.16. The molecule has 22 heavy (non-hydrogen) atoms. The molecule has 2 rings (SSSR count). The van der Waals surface area contributed by atoms with Crippen LogP contribution in [0.2, 0.25) is 5.02 Å². The van der Waals surface area contributed by atoms with Crippen molar-refractivity contribution < 1.29 is 14.7 Å². The summed E-state index contributed by atoms with van der Waals surface area (Å²) in [6.07, 6.45) is 2.93. The Morgan fingerprint density at radius 1 is 1.27 bits per heavy atom. The number of nitrogens with zero attached hydrogens (tertiary/aromatic N) is 2. The minimum absolute atomic E-state index is 0.215. The van der Waals surface area contributed by atoms with Crippen molar-refractivity contribution in [2.75, 3.05) is 0 Å². The van der Waals surface area contributed by atoms with Gasteiger partial charge in [-0.05, 0) is 30.2 Å². The van der Waals surface area contributed by atoms with Gasteiger partial charge >= 0.3 is 5.97 Å². The predicted octanol–water partition coefficient (Wildman–Crippen LogP) is 2.36. The summed E-state index contributed by atoms with van der Waals surface area (Å²) in [7, 11) is 0. The highest BCUT2D eigenvalue weighted by Crippen LogP contribution is 2.13. The SMILES string of the molecule is CC(C)C(NC(=O)c1cnn(-c2ccc(Cl)cc2)c1)C(=O)O. The zero-order chi connectivity index (χ0) is 16.3. The molecular formula is C15H16ClN3O3. The Bertz CT molecular complexity index is 680. The van der Waals surface area contributed by atoms with Crippen molar-refractivity contribution in [1.82, 2.24) is 15.1 Å². The lowest BCUT2D eigenvalue weighted by molar-refractivity contribution is -0.140. The van der Waals surface area contributed by atoms with Crippen LogP contribution < -0.4 is 5.32 Å². The summed E-state index contributed by atoms with van der Waals surface area (Å²) in [5, 5.41) is 16.3. The molecule has 0 spiro atoms.